The molecule has 3 N–H and O–H groups in total. The Morgan fingerprint density at radius 1 is 1.37 bits per heavy atom. The van der Waals surface area contributed by atoms with Crippen LogP contribution in [0.2, 0.25) is 0 Å². The predicted molar refractivity (Wildman–Crippen MR) is 77.3 cm³/mol. The lowest BCUT2D eigenvalue weighted by molar-refractivity contribution is -0.143. The number of carbonyl (C=O) groups is 2. The quantitative estimate of drug-likeness (QED) is 0.650. The molecule has 0 aromatic rings. The van der Waals surface area contributed by atoms with Crippen molar-refractivity contribution in [3.63, 3.8) is 0 Å². The maximum Gasteiger partial charge on any atom is 0.308 e. The van der Waals surface area contributed by atoms with Gasteiger partial charge < -0.3 is 15.7 Å². The van der Waals surface area contributed by atoms with Crippen LogP contribution in [0.4, 0.5) is 0 Å². The largest absolute Gasteiger partial charge is 0.481 e. The Labute approximate surface area is 118 Å². The number of hydrogen-bond acceptors (Lipinski definition) is 4. The van der Waals surface area contributed by atoms with Gasteiger partial charge >= 0.3 is 5.97 Å². The third kappa shape index (κ3) is 6.29. The molecule has 0 bridgehead atoms. The first-order chi connectivity index (χ1) is 9.00. The Morgan fingerprint density at radius 2 is 2.00 bits per heavy atom. The zero-order chi connectivity index (χ0) is 14.3. The van der Waals surface area contributed by atoms with Gasteiger partial charge in [-0.25, -0.2) is 0 Å². The fourth-order valence-electron chi connectivity index (χ4n) is 2.04. The molecule has 1 fully saturated rings. The van der Waals surface area contributed by atoms with Crippen LogP contribution in [0, 0.1) is 11.8 Å². The highest BCUT2D eigenvalue weighted by molar-refractivity contribution is 8.00. The van der Waals surface area contributed by atoms with Gasteiger partial charge in [-0.15, -0.1) is 11.8 Å². The van der Waals surface area contributed by atoms with Crippen molar-refractivity contribution >= 4 is 23.6 Å². The summed E-state index contributed by atoms with van der Waals surface area (Å²) < 4.78 is 0. The molecule has 1 aliphatic heterocycles. The van der Waals surface area contributed by atoms with E-state index in [9.17, 15) is 9.59 Å². The number of carboxylic acid groups (broad SMARTS) is 1. The van der Waals surface area contributed by atoms with E-state index in [0.717, 1.165) is 25.9 Å². The highest BCUT2D eigenvalue weighted by Gasteiger charge is 2.22. The van der Waals surface area contributed by atoms with E-state index in [1.165, 1.54) is 0 Å². The molecule has 1 saturated heterocycles. The number of rotatable bonds is 7. The molecule has 0 radical (unpaired) electrons. The lowest BCUT2D eigenvalue weighted by Crippen LogP contribution is -2.37. The number of carbonyl (C=O) groups excluding carboxylic acids is 1. The average Bonchev–Trinajstić information content (AvgIpc) is 2.37. The Kier molecular flexibility index (Phi) is 7.23. The molecule has 0 aliphatic carbocycles. The highest BCUT2D eigenvalue weighted by atomic mass is 32.2. The van der Waals surface area contributed by atoms with Gasteiger partial charge in [0.2, 0.25) is 5.91 Å². The van der Waals surface area contributed by atoms with Crippen molar-refractivity contribution in [2.75, 3.05) is 25.4 Å². The first-order valence-corrected chi connectivity index (χ1v) is 7.87. The minimum absolute atomic E-state index is 0.0230. The molecule has 5 nitrogen and oxygen atoms in total. The molecular formula is C13H24N2O3S. The summed E-state index contributed by atoms with van der Waals surface area (Å²) in [6.07, 6.45) is 2.20. The summed E-state index contributed by atoms with van der Waals surface area (Å²) in [6, 6.07) is 0. The Hall–Kier alpha value is -0.750. The van der Waals surface area contributed by atoms with Crippen LogP contribution in [-0.4, -0.2) is 47.6 Å². The minimum Gasteiger partial charge on any atom is -0.481 e. The van der Waals surface area contributed by atoms with E-state index in [1.807, 2.05) is 13.8 Å². The standard InChI is InChI=1S/C13H24N2O3S/c1-9(2)11(13(17)18)7-15-12(16)8-19-10-3-5-14-6-4-10/h9-11,14H,3-8H2,1-2H3,(H,15,16)(H,17,18). The Morgan fingerprint density at radius 3 is 2.53 bits per heavy atom. The molecular weight excluding hydrogens is 264 g/mol. The summed E-state index contributed by atoms with van der Waals surface area (Å²) in [4.78, 5) is 22.7. The second kappa shape index (κ2) is 8.43. The van der Waals surface area contributed by atoms with Gasteiger partial charge in [0, 0.05) is 11.8 Å². The number of piperidine rings is 1. The van der Waals surface area contributed by atoms with Crippen molar-refractivity contribution in [1.82, 2.24) is 10.6 Å². The first kappa shape index (κ1) is 16.3. The van der Waals surface area contributed by atoms with Crippen molar-refractivity contribution in [1.29, 1.82) is 0 Å². The smallest absolute Gasteiger partial charge is 0.308 e. The lowest BCUT2D eigenvalue weighted by Gasteiger charge is -2.22. The number of aliphatic carboxylic acids is 1. The number of amides is 1. The molecule has 1 atom stereocenters. The molecule has 1 aliphatic rings. The van der Waals surface area contributed by atoms with Gasteiger partial charge in [0.05, 0.1) is 11.7 Å². The number of hydrogen-bond donors (Lipinski definition) is 3. The Balaban J connectivity index is 2.21. The summed E-state index contributed by atoms with van der Waals surface area (Å²) in [5.41, 5.74) is 0. The maximum absolute atomic E-state index is 11.7. The molecule has 0 aromatic carbocycles. The van der Waals surface area contributed by atoms with Crippen LogP contribution < -0.4 is 10.6 Å². The molecule has 1 rings (SSSR count). The zero-order valence-electron chi connectivity index (χ0n) is 11.6. The van der Waals surface area contributed by atoms with E-state index in [0.29, 0.717) is 11.0 Å². The SMILES string of the molecule is CC(C)C(CNC(=O)CSC1CCNCC1)C(=O)O. The zero-order valence-corrected chi connectivity index (χ0v) is 12.5. The fraction of sp³-hybridized carbons (Fsp3) is 0.846. The average molecular weight is 288 g/mol. The van der Waals surface area contributed by atoms with Gasteiger partial charge in [-0.05, 0) is 31.8 Å². The van der Waals surface area contributed by atoms with E-state index in [-0.39, 0.29) is 18.4 Å². The molecule has 6 heteroatoms. The fourth-order valence-corrected chi connectivity index (χ4v) is 3.10. The third-order valence-electron chi connectivity index (χ3n) is 3.38. The van der Waals surface area contributed by atoms with Gasteiger partial charge in [0.1, 0.15) is 0 Å². The second-order valence-electron chi connectivity index (χ2n) is 5.25. The molecule has 1 unspecified atom stereocenters. The lowest BCUT2D eigenvalue weighted by atomic mass is 9.96. The summed E-state index contributed by atoms with van der Waals surface area (Å²) in [7, 11) is 0. The van der Waals surface area contributed by atoms with Gasteiger partial charge in [-0.1, -0.05) is 13.8 Å². The van der Waals surface area contributed by atoms with Crippen LogP contribution in [0.25, 0.3) is 0 Å². The maximum atomic E-state index is 11.7. The predicted octanol–water partition coefficient (Wildman–Crippen LogP) is 0.945. The van der Waals surface area contributed by atoms with Crippen LogP contribution in [-0.2, 0) is 9.59 Å². The van der Waals surface area contributed by atoms with Crippen molar-refractivity contribution in [2.45, 2.75) is 31.9 Å². The van der Waals surface area contributed by atoms with Gasteiger partial charge in [0.25, 0.3) is 0 Å². The van der Waals surface area contributed by atoms with Crippen LogP contribution in [0.1, 0.15) is 26.7 Å². The molecule has 1 heterocycles. The number of nitrogens with one attached hydrogen (secondary N) is 2. The van der Waals surface area contributed by atoms with E-state index >= 15 is 0 Å². The molecule has 110 valence electrons. The molecule has 0 saturated carbocycles. The van der Waals surface area contributed by atoms with E-state index in [2.05, 4.69) is 10.6 Å². The van der Waals surface area contributed by atoms with E-state index < -0.39 is 11.9 Å². The van der Waals surface area contributed by atoms with Crippen LogP contribution in [0.5, 0.6) is 0 Å². The van der Waals surface area contributed by atoms with Crippen molar-refractivity contribution in [2.24, 2.45) is 11.8 Å². The molecule has 1 amide bonds. The van der Waals surface area contributed by atoms with Crippen LogP contribution in [0.3, 0.4) is 0 Å². The molecule has 19 heavy (non-hydrogen) atoms. The summed E-state index contributed by atoms with van der Waals surface area (Å²) in [6.45, 7) is 5.98. The summed E-state index contributed by atoms with van der Waals surface area (Å²) >= 11 is 1.67. The van der Waals surface area contributed by atoms with E-state index in [1.54, 1.807) is 11.8 Å². The van der Waals surface area contributed by atoms with Crippen LogP contribution in [0.15, 0.2) is 0 Å². The topological polar surface area (TPSA) is 78.4 Å². The Bertz CT molecular complexity index is 304. The second-order valence-corrected chi connectivity index (χ2v) is 6.54. The van der Waals surface area contributed by atoms with Crippen molar-refractivity contribution < 1.29 is 14.7 Å². The van der Waals surface area contributed by atoms with Gasteiger partial charge in [0.15, 0.2) is 0 Å². The van der Waals surface area contributed by atoms with Crippen LogP contribution >= 0.6 is 11.8 Å². The van der Waals surface area contributed by atoms with Gasteiger partial charge in [-0.2, -0.15) is 0 Å². The molecule has 0 aromatic heterocycles. The summed E-state index contributed by atoms with van der Waals surface area (Å²) in [5, 5.41) is 15.6. The third-order valence-corrected chi connectivity index (χ3v) is 4.75. The van der Waals surface area contributed by atoms with E-state index in [4.69, 9.17) is 5.11 Å². The molecule has 0 spiro atoms. The monoisotopic (exact) mass is 288 g/mol. The highest BCUT2D eigenvalue weighted by Crippen LogP contribution is 2.19. The number of carboxylic acids is 1. The normalized spacial score (nSPS) is 18.3. The van der Waals surface area contributed by atoms with Crippen molar-refractivity contribution in [3.05, 3.63) is 0 Å². The number of thioether (sulfide) groups is 1. The van der Waals surface area contributed by atoms with Crippen molar-refractivity contribution in [3.8, 4) is 0 Å². The summed E-state index contributed by atoms with van der Waals surface area (Å²) in [5.74, 6) is -0.964. The first-order valence-electron chi connectivity index (χ1n) is 6.82. The van der Waals surface area contributed by atoms with Gasteiger partial charge in [-0.3, -0.25) is 9.59 Å². The minimum atomic E-state index is -0.846.